The molecule has 1 aromatic carbocycles. The average Bonchev–Trinajstić information content (AvgIpc) is 2.80. The molecule has 0 radical (unpaired) electrons. The molecule has 2 rings (SSSR count). The van der Waals surface area contributed by atoms with Crippen LogP contribution in [0.1, 0.15) is 30.4 Å². The highest BCUT2D eigenvalue weighted by Gasteiger charge is 2.11. The van der Waals surface area contributed by atoms with Crippen molar-refractivity contribution in [3.8, 4) is 0 Å². The van der Waals surface area contributed by atoms with E-state index in [9.17, 15) is 0 Å². The van der Waals surface area contributed by atoms with Crippen LogP contribution >= 0.6 is 0 Å². The summed E-state index contributed by atoms with van der Waals surface area (Å²) in [5.41, 5.74) is 3.10. The molecule has 1 saturated heterocycles. The summed E-state index contributed by atoms with van der Waals surface area (Å²) in [5.74, 6) is 0. The van der Waals surface area contributed by atoms with Gasteiger partial charge in [-0.05, 0) is 38.4 Å². The van der Waals surface area contributed by atoms with Crippen LogP contribution in [0.3, 0.4) is 0 Å². The van der Waals surface area contributed by atoms with E-state index in [-0.39, 0.29) is 0 Å². The number of nitrogens with zero attached hydrogens (tertiary/aromatic N) is 1. The molecule has 1 N–H and O–H groups in total. The van der Waals surface area contributed by atoms with Crippen LogP contribution in [-0.4, -0.2) is 30.2 Å². The number of hydrogen-bond donors (Lipinski definition) is 1. The van der Waals surface area contributed by atoms with E-state index >= 15 is 0 Å². The minimum atomic E-state index is 0.770. The zero-order chi connectivity index (χ0) is 11.4. The number of nitrogens with one attached hydrogen (secondary N) is 1. The number of rotatable bonds is 4. The van der Waals surface area contributed by atoms with Gasteiger partial charge in [0.1, 0.15) is 0 Å². The summed E-state index contributed by atoms with van der Waals surface area (Å²) in [6, 6.07) is 8.28. The maximum absolute atomic E-state index is 8.04. The molecular weight excluding hydrogens is 196 g/mol. The predicted molar refractivity (Wildman–Crippen MR) is 68.3 cm³/mol. The van der Waals surface area contributed by atoms with Gasteiger partial charge in [-0.15, -0.1) is 0 Å². The maximum Gasteiger partial charge on any atom is 0.0398 e. The molecule has 0 atom stereocenters. The van der Waals surface area contributed by atoms with Gasteiger partial charge >= 0.3 is 0 Å². The predicted octanol–water partition coefficient (Wildman–Crippen LogP) is 2.85. The molecule has 16 heavy (non-hydrogen) atoms. The summed E-state index contributed by atoms with van der Waals surface area (Å²) in [5, 5.41) is 8.04. The number of aryl methyl sites for hydroxylation is 1. The van der Waals surface area contributed by atoms with Gasteiger partial charge < -0.3 is 10.3 Å². The van der Waals surface area contributed by atoms with Gasteiger partial charge in [0.25, 0.3) is 0 Å². The van der Waals surface area contributed by atoms with Gasteiger partial charge in [-0.1, -0.05) is 29.8 Å². The van der Waals surface area contributed by atoms with E-state index in [1.807, 2.05) is 0 Å². The molecule has 0 aliphatic carbocycles. The summed E-state index contributed by atoms with van der Waals surface area (Å²) < 4.78 is 0. The van der Waals surface area contributed by atoms with Gasteiger partial charge in [0.2, 0.25) is 0 Å². The Morgan fingerprint density at radius 3 is 2.44 bits per heavy atom. The standard InChI is InChI=1S/C14H20N2/c1-12-4-6-13(7-5-12)14(15)8-11-16-9-2-3-10-16/h4-7,15H,2-3,8-11H2,1H3. The van der Waals surface area contributed by atoms with Gasteiger partial charge in [0.05, 0.1) is 0 Å². The van der Waals surface area contributed by atoms with Crippen LogP contribution in [0, 0.1) is 12.3 Å². The van der Waals surface area contributed by atoms with Crippen molar-refractivity contribution < 1.29 is 0 Å². The summed E-state index contributed by atoms with van der Waals surface area (Å²) in [4.78, 5) is 2.46. The average molecular weight is 216 g/mol. The molecule has 0 spiro atoms. The topological polar surface area (TPSA) is 27.1 Å². The van der Waals surface area contributed by atoms with Crippen molar-refractivity contribution in [2.24, 2.45) is 0 Å². The van der Waals surface area contributed by atoms with Crippen LogP contribution in [0.2, 0.25) is 0 Å². The monoisotopic (exact) mass is 216 g/mol. The third kappa shape index (κ3) is 2.92. The lowest BCUT2D eigenvalue weighted by Gasteiger charge is -2.14. The second kappa shape index (κ2) is 5.26. The van der Waals surface area contributed by atoms with Crippen molar-refractivity contribution in [3.63, 3.8) is 0 Å². The van der Waals surface area contributed by atoms with Gasteiger partial charge in [0, 0.05) is 18.7 Å². The van der Waals surface area contributed by atoms with Crippen molar-refractivity contribution in [2.45, 2.75) is 26.2 Å². The van der Waals surface area contributed by atoms with Gasteiger partial charge in [0.15, 0.2) is 0 Å². The second-order valence-electron chi connectivity index (χ2n) is 4.64. The minimum absolute atomic E-state index is 0.770. The molecule has 1 aromatic rings. The maximum atomic E-state index is 8.04. The largest absolute Gasteiger partial charge is 0.305 e. The van der Waals surface area contributed by atoms with Crippen LogP contribution in [0.4, 0.5) is 0 Å². The van der Waals surface area contributed by atoms with Crippen LogP contribution in [-0.2, 0) is 0 Å². The van der Waals surface area contributed by atoms with Crippen LogP contribution in [0.25, 0.3) is 0 Å². The number of hydrogen-bond acceptors (Lipinski definition) is 2. The first-order valence-electron chi connectivity index (χ1n) is 6.12. The van der Waals surface area contributed by atoms with Crippen molar-refractivity contribution >= 4 is 5.71 Å². The number of likely N-dealkylation sites (tertiary alicyclic amines) is 1. The Hall–Kier alpha value is -1.15. The van der Waals surface area contributed by atoms with E-state index in [0.29, 0.717) is 0 Å². The molecule has 0 bridgehead atoms. The zero-order valence-electron chi connectivity index (χ0n) is 10.00. The highest BCUT2D eigenvalue weighted by Crippen LogP contribution is 2.10. The molecule has 1 aliphatic rings. The summed E-state index contributed by atoms with van der Waals surface area (Å²) in [7, 11) is 0. The lowest BCUT2D eigenvalue weighted by Crippen LogP contribution is -2.22. The fourth-order valence-electron chi connectivity index (χ4n) is 2.18. The van der Waals surface area contributed by atoms with E-state index < -0.39 is 0 Å². The Morgan fingerprint density at radius 2 is 1.81 bits per heavy atom. The minimum Gasteiger partial charge on any atom is -0.305 e. The van der Waals surface area contributed by atoms with Crippen LogP contribution in [0.5, 0.6) is 0 Å². The van der Waals surface area contributed by atoms with E-state index in [0.717, 1.165) is 24.2 Å². The highest BCUT2D eigenvalue weighted by molar-refractivity contribution is 5.98. The molecule has 0 aromatic heterocycles. The molecule has 2 nitrogen and oxygen atoms in total. The fraction of sp³-hybridized carbons (Fsp3) is 0.500. The number of benzene rings is 1. The smallest absolute Gasteiger partial charge is 0.0398 e. The van der Waals surface area contributed by atoms with Gasteiger partial charge in [-0.3, -0.25) is 0 Å². The van der Waals surface area contributed by atoms with Gasteiger partial charge in [-0.2, -0.15) is 0 Å². The van der Waals surface area contributed by atoms with Crippen molar-refractivity contribution in [2.75, 3.05) is 19.6 Å². The summed E-state index contributed by atoms with van der Waals surface area (Å²) in [6.07, 6.45) is 3.54. The van der Waals surface area contributed by atoms with Crippen molar-refractivity contribution in [1.29, 1.82) is 5.41 Å². The van der Waals surface area contributed by atoms with Crippen LogP contribution in [0.15, 0.2) is 24.3 Å². The summed E-state index contributed by atoms with van der Waals surface area (Å²) in [6.45, 7) is 5.58. The molecule has 1 aliphatic heterocycles. The Morgan fingerprint density at radius 1 is 1.19 bits per heavy atom. The molecule has 0 saturated carbocycles. The third-order valence-corrected chi connectivity index (χ3v) is 3.28. The quantitative estimate of drug-likeness (QED) is 0.770. The lowest BCUT2D eigenvalue weighted by atomic mass is 10.1. The van der Waals surface area contributed by atoms with Crippen LogP contribution < -0.4 is 0 Å². The first-order valence-corrected chi connectivity index (χ1v) is 6.12. The summed E-state index contributed by atoms with van der Waals surface area (Å²) >= 11 is 0. The molecule has 1 heterocycles. The SMILES string of the molecule is Cc1ccc(C(=N)CCN2CCCC2)cc1. The Balaban J connectivity index is 1.85. The second-order valence-corrected chi connectivity index (χ2v) is 4.64. The van der Waals surface area contributed by atoms with Crippen molar-refractivity contribution in [3.05, 3.63) is 35.4 Å². The van der Waals surface area contributed by atoms with Crippen molar-refractivity contribution in [1.82, 2.24) is 4.90 Å². The molecule has 0 unspecified atom stereocenters. The Kier molecular flexibility index (Phi) is 3.73. The first kappa shape index (κ1) is 11.3. The van der Waals surface area contributed by atoms with E-state index in [4.69, 9.17) is 5.41 Å². The molecule has 86 valence electrons. The molecule has 2 heteroatoms. The normalized spacial score (nSPS) is 16.6. The van der Waals surface area contributed by atoms with E-state index in [1.165, 1.54) is 31.5 Å². The molecule has 1 fully saturated rings. The zero-order valence-corrected chi connectivity index (χ0v) is 10.00. The lowest BCUT2D eigenvalue weighted by molar-refractivity contribution is 0.349. The fourth-order valence-corrected chi connectivity index (χ4v) is 2.18. The Labute approximate surface area is 97.8 Å². The molecular formula is C14H20N2. The van der Waals surface area contributed by atoms with E-state index in [2.05, 4.69) is 36.1 Å². The Bertz CT molecular complexity index is 348. The first-order chi connectivity index (χ1) is 7.75. The third-order valence-electron chi connectivity index (χ3n) is 3.28. The highest BCUT2D eigenvalue weighted by atomic mass is 15.1. The van der Waals surface area contributed by atoms with Gasteiger partial charge in [-0.25, -0.2) is 0 Å². The molecule has 0 amide bonds. The van der Waals surface area contributed by atoms with E-state index in [1.54, 1.807) is 0 Å².